The van der Waals surface area contributed by atoms with Gasteiger partial charge in [-0.05, 0) is 32.4 Å². The van der Waals surface area contributed by atoms with Gasteiger partial charge >= 0.3 is 0 Å². The van der Waals surface area contributed by atoms with Gasteiger partial charge in [-0.3, -0.25) is 4.99 Å². The van der Waals surface area contributed by atoms with Crippen LogP contribution in [0.3, 0.4) is 0 Å². The van der Waals surface area contributed by atoms with E-state index in [1.165, 1.54) is 18.4 Å². The van der Waals surface area contributed by atoms with Gasteiger partial charge in [0.25, 0.3) is 0 Å². The Morgan fingerprint density at radius 3 is 2.78 bits per heavy atom. The molecule has 2 heterocycles. The van der Waals surface area contributed by atoms with Crippen LogP contribution < -0.4 is 10.6 Å². The van der Waals surface area contributed by atoms with Crippen molar-refractivity contribution in [3.05, 3.63) is 23.5 Å². The maximum absolute atomic E-state index is 4.34. The van der Waals surface area contributed by atoms with Gasteiger partial charge in [0.05, 0.1) is 0 Å². The van der Waals surface area contributed by atoms with Crippen molar-refractivity contribution in [2.24, 2.45) is 4.99 Å². The fourth-order valence-corrected chi connectivity index (χ4v) is 2.14. The van der Waals surface area contributed by atoms with Crippen LogP contribution in [0.2, 0.25) is 0 Å². The maximum atomic E-state index is 4.34. The van der Waals surface area contributed by atoms with E-state index in [0.717, 1.165) is 24.6 Å². The first-order chi connectivity index (χ1) is 8.81. The first-order valence-corrected chi connectivity index (χ1v) is 6.23. The van der Waals surface area contributed by atoms with Gasteiger partial charge in [-0.1, -0.05) is 0 Å². The quantitative estimate of drug-likeness (QED) is 0.418. The molecular formula is C14H22N4. The maximum Gasteiger partial charge on any atom is 0.130 e. The summed E-state index contributed by atoms with van der Waals surface area (Å²) in [6.45, 7) is 4.24. The Balaban J connectivity index is 0.000000771. The zero-order valence-electron chi connectivity index (χ0n) is 11.2. The van der Waals surface area contributed by atoms with Gasteiger partial charge in [0, 0.05) is 37.1 Å². The SMILES string of the molecule is C#C.CN=C(NC1CCCNC1)c1cc[nH]c1C. The lowest BCUT2D eigenvalue weighted by molar-refractivity contribution is 0.431. The van der Waals surface area contributed by atoms with E-state index >= 15 is 0 Å². The lowest BCUT2D eigenvalue weighted by atomic mass is 10.1. The summed E-state index contributed by atoms with van der Waals surface area (Å²) in [5.74, 6) is 0.993. The second-order valence-electron chi connectivity index (χ2n) is 4.28. The van der Waals surface area contributed by atoms with Crippen molar-refractivity contribution in [2.45, 2.75) is 25.8 Å². The normalized spacial score (nSPS) is 19.8. The third kappa shape index (κ3) is 3.64. The van der Waals surface area contributed by atoms with E-state index < -0.39 is 0 Å². The number of aromatic amines is 1. The zero-order valence-corrected chi connectivity index (χ0v) is 11.2. The number of hydrogen-bond acceptors (Lipinski definition) is 2. The van der Waals surface area contributed by atoms with Crippen molar-refractivity contribution in [1.29, 1.82) is 0 Å². The van der Waals surface area contributed by atoms with Crippen LogP contribution in [-0.2, 0) is 0 Å². The third-order valence-electron chi connectivity index (χ3n) is 3.07. The highest BCUT2D eigenvalue weighted by atomic mass is 15.1. The Morgan fingerprint density at radius 2 is 2.28 bits per heavy atom. The van der Waals surface area contributed by atoms with Crippen LogP contribution >= 0.6 is 0 Å². The Bertz CT molecular complexity index is 397. The van der Waals surface area contributed by atoms with Gasteiger partial charge in [0.1, 0.15) is 5.84 Å². The van der Waals surface area contributed by atoms with Crippen molar-refractivity contribution in [2.75, 3.05) is 20.1 Å². The average Bonchev–Trinajstić information content (AvgIpc) is 2.86. The van der Waals surface area contributed by atoms with Crippen LogP contribution in [0.15, 0.2) is 17.3 Å². The molecule has 0 saturated carbocycles. The molecule has 98 valence electrons. The highest BCUT2D eigenvalue weighted by Gasteiger charge is 2.15. The minimum Gasteiger partial charge on any atom is -0.366 e. The fourth-order valence-electron chi connectivity index (χ4n) is 2.14. The summed E-state index contributed by atoms with van der Waals surface area (Å²) in [4.78, 5) is 7.53. The molecule has 1 aromatic heterocycles. The number of piperidine rings is 1. The number of rotatable bonds is 2. The highest BCUT2D eigenvalue weighted by Crippen LogP contribution is 2.08. The molecule has 0 aromatic carbocycles. The predicted octanol–water partition coefficient (Wildman–Crippen LogP) is 1.29. The molecule has 1 unspecified atom stereocenters. The lowest BCUT2D eigenvalue weighted by Crippen LogP contribution is -2.45. The van der Waals surface area contributed by atoms with Gasteiger partial charge in [-0.2, -0.15) is 0 Å². The molecule has 0 radical (unpaired) electrons. The van der Waals surface area contributed by atoms with Crippen LogP contribution in [0.25, 0.3) is 0 Å². The Labute approximate surface area is 109 Å². The van der Waals surface area contributed by atoms with Gasteiger partial charge in [0.2, 0.25) is 0 Å². The Morgan fingerprint density at radius 1 is 1.50 bits per heavy atom. The average molecular weight is 246 g/mol. The van der Waals surface area contributed by atoms with E-state index in [9.17, 15) is 0 Å². The van der Waals surface area contributed by atoms with E-state index in [2.05, 4.69) is 46.4 Å². The second-order valence-corrected chi connectivity index (χ2v) is 4.28. The van der Waals surface area contributed by atoms with Crippen molar-refractivity contribution in [3.8, 4) is 12.8 Å². The van der Waals surface area contributed by atoms with Gasteiger partial charge in [-0.25, -0.2) is 0 Å². The zero-order chi connectivity index (χ0) is 13.4. The van der Waals surface area contributed by atoms with Crippen molar-refractivity contribution < 1.29 is 0 Å². The molecule has 3 N–H and O–H groups in total. The highest BCUT2D eigenvalue weighted by molar-refractivity contribution is 5.99. The standard InChI is InChI=1S/C12H20N4.C2H2/c1-9-11(5-7-15-9)12(13-2)16-10-4-3-6-14-8-10;1-2/h5,7,10,14-15H,3-4,6,8H2,1-2H3,(H,13,16);1-2H. The summed E-state index contributed by atoms with van der Waals surface area (Å²) in [5.41, 5.74) is 2.34. The molecule has 0 amide bonds. The molecule has 1 aliphatic rings. The summed E-state index contributed by atoms with van der Waals surface area (Å²) >= 11 is 0. The fraction of sp³-hybridized carbons (Fsp3) is 0.500. The molecule has 1 aromatic rings. The molecular weight excluding hydrogens is 224 g/mol. The molecule has 1 fully saturated rings. The largest absolute Gasteiger partial charge is 0.366 e. The molecule has 0 aliphatic carbocycles. The van der Waals surface area contributed by atoms with Crippen LogP contribution in [0, 0.1) is 19.8 Å². The number of aryl methyl sites for hydroxylation is 1. The third-order valence-corrected chi connectivity index (χ3v) is 3.07. The van der Waals surface area contributed by atoms with Gasteiger partial charge < -0.3 is 15.6 Å². The number of aliphatic imine (C=N–C) groups is 1. The molecule has 0 spiro atoms. The van der Waals surface area contributed by atoms with Crippen molar-refractivity contribution in [3.63, 3.8) is 0 Å². The van der Waals surface area contributed by atoms with Gasteiger partial charge in [0.15, 0.2) is 0 Å². The molecule has 1 aliphatic heterocycles. The number of aromatic nitrogens is 1. The summed E-state index contributed by atoms with van der Waals surface area (Å²) < 4.78 is 0. The number of terminal acetylenes is 1. The summed E-state index contributed by atoms with van der Waals surface area (Å²) in [6, 6.07) is 2.57. The topological polar surface area (TPSA) is 52.2 Å². The molecule has 0 bridgehead atoms. The van der Waals surface area contributed by atoms with Crippen molar-refractivity contribution >= 4 is 5.84 Å². The van der Waals surface area contributed by atoms with Crippen LogP contribution in [0.1, 0.15) is 24.1 Å². The van der Waals surface area contributed by atoms with E-state index in [0.29, 0.717) is 6.04 Å². The number of nitrogens with one attached hydrogen (secondary N) is 3. The van der Waals surface area contributed by atoms with Crippen LogP contribution in [-0.4, -0.2) is 37.0 Å². The molecule has 2 rings (SSSR count). The van der Waals surface area contributed by atoms with Crippen LogP contribution in [0.5, 0.6) is 0 Å². The monoisotopic (exact) mass is 246 g/mol. The minimum atomic E-state index is 0.502. The Kier molecular flexibility index (Phi) is 6.03. The lowest BCUT2D eigenvalue weighted by Gasteiger charge is -2.25. The van der Waals surface area contributed by atoms with Gasteiger partial charge in [-0.15, -0.1) is 12.8 Å². The summed E-state index contributed by atoms with van der Waals surface area (Å²) in [7, 11) is 1.84. The van der Waals surface area contributed by atoms with Crippen LogP contribution in [0.4, 0.5) is 0 Å². The first-order valence-electron chi connectivity index (χ1n) is 6.23. The summed E-state index contributed by atoms with van der Waals surface area (Å²) in [6.07, 6.45) is 12.4. The molecule has 18 heavy (non-hydrogen) atoms. The first kappa shape index (κ1) is 14.3. The summed E-state index contributed by atoms with van der Waals surface area (Å²) in [5, 5.41) is 6.92. The van der Waals surface area contributed by atoms with E-state index in [1.807, 2.05) is 13.2 Å². The molecule has 1 atom stereocenters. The van der Waals surface area contributed by atoms with E-state index in [1.54, 1.807) is 0 Å². The number of hydrogen-bond donors (Lipinski definition) is 3. The van der Waals surface area contributed by atoms with Crippen molar-refractivity contribution in [1.82, 2.24) is 15.6 Å². The molecule has 4 heteroatoms. The van der Waals surface area contributed by atoms with E-state index in [4.69, 9.17) is 0 Å². The second kappa shape index (κ2) is 7.57. The number of amidine groups is 1. The number of H-pyrrole nitrogens is 1. The number of nitrogens with zero attached hydrogens (tertiary/aromatic N) is 1. The minimum absolute atomic E-state index is 0.502. The molecule has 1 saturated heterocycles. The molecule has 4 nitrogen and oxygen atoms in total. The predicted molar refractivity (Wildman–Crippen MR) is 76.9 cm³/mol. The smallest absolute Gasteiger partial charge is 0.130 e. The van der Waals surface area contributed by atoms with E-state index in [-0.39, 0.29) is 0 Å². The Hall–Kier alpha value is -1.73.